The van der Waals surface area contributed by atoms with Crippen molar-refractivity contribution in [1.82, 2.24) is 19.9 Å². The normalized spacial score (nSPS) is 15.7. The molecule has 0 aromatic carbocycles. The van der Waals surface area contributed by atoms with Crippen LogP contribution in [-0.2, 0) is 4.79 Å². The summed E-state index contributed by atoms with van der Waals surface area (Å²) in [6.45, 7) is 0.220. The Balaban J connectivity index is 2.04. The standard InChI is InChI=1S/C11H9N5O3/c17-6-7-2-1-4-16-9(7)13-10(14-16)15-5-3-8(18)12-11(15)19/h1-2,4,6H,3,5H2,(H,12,18,19). The van der Waals surface area contributed by atoms with E-state index in [1.54, 1.807) is 18.3 Å². The van der Waals surface area contributed by atoms with Crippen LogP contribution in [0.2, 0.25) is 0 Å². The fourth-order valence-corrected chi connectivity index (χ4v) is 1.88. The molecule has 2 aromatic rings. The first-order valence-corrected chi connectivity index (χ1v) is 5.61. The number of nitrogens with zero attached hydrogens (tertiary/aromatic N) is 4. The summed E-state index contributed by atoms with van der Waals surface area (Å²) in [5.41, 5.74) is 0.756. The molecule has 19 heavy (non-hydrogen) atoms. The van der Waals surface area contributed by atoms with Crippen molar-refractivity contribution in [3.05, 3.63) is 23.9 Å². The van der Waals surface area contributed by atoms with E-state index in [1.165, 1.54) is 9.42 Å². The van der Waals surface area contributed by atoms with Gasteiger partial charge in [0.1, 0.15) is 0 Å². The predicted molar refractivity (Wildman–Crippen MR) is 63.9 cm³/mol. The van der Waals surface area contributed by atoms with Crippen LogP contribution in [0.25, 0.3) is 5.65 Å². The smallest absolute Gasteiger partial charge is 0.298 e. The van der Waals surface area contributed by atoms with Gasteiger partial charge in [-0.2, -0.15) is 4.98 Å². The number of hydrogen-bond acceptors (Lipinski definition) is 5. The highest BCUT2D eigenvalue weighted by Gasteiger charge is 2.27. The van der Waals surface area contributed by atoms with Crippen molar-refractivity contribution in [2.45, 2.75) is 6.42 Å². The second-order valence-electron chi connectivity index (χ2n) is 4.02. The number of carbonyl (C=O) groups excluding carboxylic acids is 3. The summed E-state index contributed by atoms with van der Waals surface area (Å²) in [6, 6.07) is 2.72. The van der Waals surface area contributed by atoms with Crippen molar-refractivity contribution >= 4 is 29.8 Å². The molecule has 0 spiro atoms. The molecule has 3 amide bonds. The van der Waals surface area contributed by atoms with E-state index in [4.69, 9.17) is 0 Å². The Labute approximate surface area is 107 Å². The first-order chi connectivity index (χ1) is 9.19. The van der Waals surface area contributed by atoms with Crippen LogP contribution in [0.4, 0.5) is 10.7 Å². The molecule has 0 saturated carbocycles. The van der Waals surface area contributed by atoms with E-state index in [2.05, 4.69) is 15.4 Å². The van der Waals surface area contributed by atoms with Gasteiger partial charge < -0.3 is 0 Å². The Morgan fingerprint density at radius 1 is 1.37 bits per heavy atom. The molecule has 0 aliphatic carbocycles. The number of urea groups is 1. The Kier molecular flexibility index (Phi) is 2.48. The molecule has 0 radical (unpaired) electrons. The number of fused-ring (bicyclic) bond motifs is 1. The minimum absolute atomic E-state index is 0.166. The van der Waals surface area contributed by atoms with E-state index in [-0.39, 0.29) is 24.8 Å². The molecule has 8 heteroatoms. The summed E-state index contributed by atoms with van der Waals surface area (Å²) in [6.07, 6.45) is 2.50. The number of anilines is 1. The Morgan fingerprint density at radius 2 is 2.21 bits per heavy atom. The van der Waals surface area contributed by atoms with Crippen LogP contribution in [0.15, 0.2) is 18.3 Å². The van der Waals surface area contributed by atoms with Gasteiger partial charge in [0.25, 0.3) is 5.95 Å². The zero-order chi connectivity index (χ0) is 13.4. The van der Waals surface area contributed by atoms with Gasteiger partial charge in [-0.15, -0.1) is 5.10 Å². The molecule has 0 bridgehead atoms. The lowest BCUT2D eigenvalue weighted by molar-refractivity contribution is -0.120. The largest absolute Gasteiger partial charge is 0.330 e. The van der Waals surface area contributed by atoms with Gasteiger partial charge in [-0.25, -0.2) is 9.31 Å². The van der Waals surface area contributed by atoms with Crippen LogP contribution in [-0.4, -0.2) is 39.4 Å². The molecule has 3 heterocycles. The molecule has 1 aliphatic heterocycles. The highest BCUT2D eigenvalue weighted by atomic mass is 16.2. The van der Waals surface area contributed by atoms with Crippen LogP contribution in [0.1, 0.15) is 16.8 Å². The zero-order valence-corrected chi connectivity index (χ0v) is 9.74. The first kappa shape index (κ1) is 11.3. The van der Waals surface area contributed by atoms with Gasteiger partial charge in [-0.1, -0.05) is 0 Å². The molecule has 8 nitrogen and oxygen atoms in total. The van der Waals surface area contributed by atoms with Crippen LogP contribution in [0.3, 0.4) is 0 Å². The van der Waals surface area contributed by atoms with Crippen LogP contribution < -0.4 is 10.2 Å². The Hall–Kier alpha value is -2.77. The van der Waals surface area contributed by atoms with Crippen molar-refractivity contribution in [3.63, 3.8) is 0 Å². The first-order valence-electron chi connectivity index (χ1n) is 5.61. The van der Waals surface area contributed by atoms with E-state index < -0.39 is 6.03 Å². The van der Waals surface area contributed by atoms with Gasteiger partial charge in [-0.05, 0) is 12.1 Å². The number of aromatic nitrogens is 3. The van der Waals surface area contributed by atoms with Gasteiger partial charge in [0.05, 0.1) is 5.56 Å². The van der Waals surface area contributed by atoms with Crippen molar-refractivity contribution in [1.29, 1.82) is 0 Å². The van der Waals surface area contributed by atoms with Gasteiger partial charge in [0.15, 0.2) is 11.9 Å². The zero-order valence-electron chi connectivity index (χ0n) is 9.74. The Bertz CT molecular complexity index is 693. The van der Waals surface area contributed by atoms with Crippen molar-refractivity contribution in [2.75, 3.05) is 11.4 Å². The van der Waals surface area contributed by atoms with Gasteiger partial charge in [0.2, 0.25) is 5.91 Å². The number of imide groups is 1. The fraction of sp³-hybridized carbons (Fsp3) is 0.182. The summed E-state index contributed by atoms with van der Waals surface area (Å²) in [5, 5.41) is 6.31. The van der Waals surface area contributed by atoms with Gasteiger partial charge in [-0.3, -0.25) is 19.8 Å². The number of amides is 3. The molecule has 96 valence electrons. The van der Waals surface area contributed by atoms with Crippen LogP contribution >= 0.6 is 0 Å². The van der Waals surface area contributed by atoms with E-state index in [0.29, 0.717) is 17.5 Å². The minimum Gasteiger partial charge on any atom is -0.298 e. The monoisotopic (exact) mass is 259 g/mol. The highest BCUT2D eigenvalue weighted by molar-refractivity contribution is 6.04. The molecule has 0 atom stereocenters. The van der Waals surface area contributed by atoms with E-state index in [9.17, 15) is 14.4 Å². The Morgan fingerprint density at radius 3 is 2.95 bits per heavy atom. The number of aldehydes is 1. The molecule has 1 aliphatic rings. The fourth-order valence-electron chi connectivity index (χ4n) is 1.88. The molecular formula is C11H9N5O3. The van der Waals surface area contributed by atoms with Gasteiger partial charge >= 0.3 is 6.03 Å². The van der Waals surface area contributed by atoms with Crippen molar-refractivity contribution in [2.24, 2.45) is 0 Å². The van der Waals surface area contributed by atoms with Crippen LogP contribution in [0, 0.1) is 0 Å². The van der Waals surface area contributed by atoms with Crippen molar-refractivity contribution < 1.29 is 14.4 Å². The SMILES string of the molecule is O=Cc1cccn2nc(N3CCC(=O)NC3=O)nc12. The number of rotatable bonds is 2. The third-order valence-corrected chi connectivity index (χ3v) is 2.80. The maximum atomic E-state index is 11.7. The minimum atomic E-state index is -0.556. The molecular weight excluding hydrogens is 250 g/mol. The highest BCUT2D eigenvalue weighted by Crippen LogP contribution is 2.15. The number of nitrogens with one attached hydrogen (secondary N) is 1. The lowest BCUT2D eigenvalue weighted by Gasteiger charge is -2.22. The average Bonchev–Trinajstić information content (AvgIpc) is 2.81. The topological polar surface area (TPSA) is 96.7 Å². The second-order valence-corrected chi connectivity index (χ2v) is 4.02. The van der Waals surface area contributed by atoms with E-state index >= 15 is 0 Å². The second kappa shape index (κ2) is 4.16. The maximum absolute atomic E-state index is 11.7. The van der Waals surface area contributed by atoms with Gasteiger partial charge in [0, 0.05) is 19.2 Å². The number of carbonyl (C=O) groups is 3. The van der Waals surface area contributed by atoms with Crippen molar-refractivity contribution in [3.8, 4) is 0 Å². The molecule has 3 rings (SSSR count). The quantitative estimate of drug-likeness (QED) is 0.765. The summed E-state index contributed by atoms with van der Waals surface area (Å²) in [4.78, 5) is 39.1. The molecule has 2 aromatic heterocycles. The maximum Gasteiger partial charge on any atom is 0.330 e. The van der Waals surface area contributed by atoms with Crippen LogP contribution in [0.5, 0.6) is 0 Å². The summed E-state index contributed by atoms with van der Waals surface area (Å²) < 4.78 is 1.42. The molecule has 1 saturated heterocycles. The predicted octanol–water partition coefficient (Wildman–Crippen LogP) is -0.0119. The summed E-state index contributed by atoms with van der Waals surface area (Å²) in [5.74, 6) is -0.155. The molecule has 1 N–H and O–H groups in total. The summed E-state index contributed by atoms with van der Waals surface area (Å²) >= 11 is 0. The number of pyridine rings is 1. The molecule has 1 fully saturated rings. The third kappa shape index (κ3) is 1.82. The average molecular weight is 259 g/mol. The lowest BCUT2D eigenvalue weighted by Crippen LogP contribution is -2.50. The lowest BCUT2D eigenvalue weighted by atomic mass is 10.3. The summed E-state index contributed by atoms with van der Waals surface area (Å²) in [7, 11) is 0. The third-order valence-electron chi connectivity index (χ3n) is 2.80. The van der Waals surface area contributed by atoms with E-state index in [1.807, 2.05) is 0 Å². The van der Waals surface area contributed by atoms with E-state index in [0.717, 1.165) is 0 Å². The number of hydrogen-bond donors (Lipinski definition) is 1. The molecule has 0 unspecified atom stereocenters.